The zero-order chi connectivity index (χ0) is 14.8. The van der Waals surface area contributed by atoms with Gasteiger partial charge in [-0.1, -0.05) is 26.0 Å². The fourth-order valence-electron chi connectivity index (χ4n) is 6.93. The van der Waals surface area contributed by atoms with Crippen molar-refractivity contribution in [3.8, 4) is 0 Å². The lowest BCUT2D eigenvalue weighted by Crippen LogP contribution is -2.52. The van der Waals surface area contributed by atoms with Gasteiger partial charge in [0.05, 0.1) is 0 Å². The van der Waals surface area contributed by atoms with Crippen LogP contribution in [-0.4, -0.2) is 5.78 Å². The molecule has 6 unspecified atom stereocenters. The summed E-state index contributed by atoms with van der Waals surface area (Å²) < 4.78 is 0. The van der Waals surface area contributed by atoms with Gasteiger partial charge in [-0.15, -0.1) is 0 Å². The molecule has 1 nitrogen and oxygen atoms in total. The maximum Gasteiger partial charge on any atom is 0.139 e. The zero-order valence-corrected chi connectivity index (χ0v) is 13.8. The Morgan fingerprint density at radius 2 is 1.81 bits per heavy atom. The highest BCUT2D eigenvalue weighted by Gasteiger charge is 2.59. The van der Waals surface area contributed by atoms with E-state index in [0.29, 0.717) is 17.1 Å². The van der Waals surface area contributed by atoms with Crippen LogP contribution < -0.4 is 0 Å². The van der Waals surface area contributed by atoms with E-state index in [2.05, 4.69) is 20.4 Å². The lowest BCUT2D eigenvalue weighted by atomic mass is 9.45. The van der Waals surface area contributed by atoms with Crippen molar-refractivity contribution in [2.45, 2.75) is 71.6 Å². The number of ketones is 1. The van der Waals surface area contributed by atoms with E-state index in [-0.39, 0.29) is 5.41 Å². The van der Waals surface area contributed by atoms with E-state index in [1.807, 2.05) is 0 Å². The summed E-state index contributed by atoms with van der Waals surface area (Å²) in [5, 5.41) is 0. The Morgan fingerprint density at radius 1 is 1.00 bits per heavy atom. The smallest absolute Gasteiger partial charge is 0.139 e. The largest absolute Gasteiger partial charge is 0.299 e. The van der Waals surface area contributed by atoms with Crippen molar-refractivity contribution >= 4 is 5.78 Å². The van der Waals surface area contributed by atoms with Crippen LogP contribution in [0.15, 0.2) is 12.2 Å². The minimum atomic E-state index is 0.0443. The molecule has 6 atom stereocenters. The summed E-state index contributed by atoms with van der Waals surface area (Å²) in [7, 11) is 0. The van der Waals surface area contributed by atoms with Crippen molar-refractivity contribution in [2.24, 2.45) is 34.5 Å². The Hall–Kier alpha value is -0.590. The van der Waals surface area contributed by atoms with Crippen LogP contribution >= 0.6 is 0 Å². The standard InChI is InChI=1S/C20H30O/c1-13-8-10-19(2)14(12-13)4-5-15-16-6-7-18(21)20(16,3)11-9-17(15)19/h14-17H,1,4-12H2,2-3H3. The van der Waals surface area contributed by atoms with Gasteiger partial charge < -0.3 is 0 Å². The van der Waals surface area contributed by atoms with Gasteiger partial charge in [-0.05, 0) is 80.5 Å². The Labute approximate surface area is 129 Å². The predicted octanol–water partition coefficient (Wildman–Crippen LogP) is 5.15. The molecule has 0 saturated heterocycles. The number of fused-ring (bicyclic) bond motifs is 5. The SMILES string of the molecule is C=C1CCC2(C)C(CCC3C4CCC(=O)C4(C)CCC32)C1. The minimum absolute atomic E-state index is 0.0443. The molecule has 4 aliphatic rings. The molecule has 4 rings (SSSR count). The van der Waals surface area contributed by atoms with E-state index < -0.39 is 0 Å². The molecule has 0 aromatic rings. The topological polar surface area (TPSA) is 17.1 Å². The number of Topliss-reactive ketones (excluding diaryl/α,β-unsaturated/α-hetero) is 1. The summed E-state index contributed by atoms with van der Waals surface area (Å²) in [6, 6.07) is 0. The number of rotatable bonds is 0. The predicted molar refractivity (Wildman–Crippen MR) is 85.9 cm³/mol. The summed E-state index contributed by atoms with van der Waals surface area (Å²) in [5.41, 5.74) is 2.08. The van der Waals surface area contributed by atoms with Gasteiger partial charge in [0.15, 0.2) is 0 Å². The molecule has 0 N–H and O–H groups in total. The second kappa shape index (κ2) is 4.46. The first-order valence-electron chi connectivity index (χ1n) is 9.15. The molecule has 1 heteroatoms. The van der Waals surface area contributed by atoms with Crippen LogP contribution in [0.5, 0.6) is 0 Å². The van der Waals surface area contributed by atoms with Gasteiger partial charge in [0.1, 0.15) is 5.78 Å². The van der Waals surface area contributed by atoms with E-state index >= 15 is 0 Å². The maximum absolute atomic E-state index is 12.4. The van der Waals surface area contributed by atoms with Crippen LogP contribution in [0.3, 0.4) is 0 Å². The van der Waals surface area contributed by atoms with Crippen LogP contribution in [0.1, 0.15) is 71.6 Å². The van der Waals surface area contributed by atoms with Gasteiger partial charge in [-0.2, -0.15) is 0 Å². The quantitative estimate of drug-likeness (QED) is 0.562. The van der Waals surface area contributed by atoms with Gasteiger partial charge in [-0.3, -0.25) is 4.79 Å². The number of allylic oxidation sites excluding steroid dienone is 1. The Bertz CT molecular complexity index is 492. The van der Waals surface area contributed by atoms with E-state index in [9.17, 15) is 4.79 Å². The molecule has 0 aromatic carbocycles. The van der Waals surface area contributed by atoms with E-state index in [1.165, 1.54) is 56.9 Å². The summed E-state index contributed by atoms with van der Waals surface area (Å²) in [6.45, 7) is 9.15. The molecule has 0 heterocycles. The molecular formula is C20H30O. The molecular weight excluding hydrogens is 256 g/mol. The van der Waals surface area contributed by atoms with Gasteiger partial charge >= 0.3 is 0 Å². The molecule has 21 heavy (non-hydrogen) atoms. The number of carbonyl (C=O) groups excluding carboxylic acids is 1. The third-order valence-electron chi connectivity index (χ3n) is 8.33. The molecule has 4 fully saturated rings. The van der Waals surface area contributed by atoms with Gasteiger partial charge in [0.25, 0.3) is 0 Å². The average molecular weight is 286 g/mol. The van der Waals surface area contributed by atoms with Crippen molar-refractivity contribution < 1.29 is 4.79 Å². The van der Waals surface area contributed by atoms with Gasteiger partial charge in [0, 0.05) is 11.8 Å². The van der Waals surface area contributed by atoms with Crippen molar-refractivity contribution in [1.82, 2.24) is 0 Å². The second-order valence-corrected chi connectivity index (χ2v) is 9.03. The molecule has 4 saturated carbocycles. The number of hydrogen-bond acceptors (Lipinski definition) is 1. The van der Waals surface area contributed by atoms with Crippen LogP contribution in [0.2, 0.25) is 0 Å². The zero-order valence-electron chi connectivity index (χ0n) is 13.8. The second-order valence-electron chi connectivity index (χ2n) is 9.03. The van der Waals surface area contributed by atoms with Crippen molar-refractivity contribution in [3.05, 3.63) is 12.2 Å². The van der Waals surface area contributed by atoms with Crippen molar-refractivity contribution in [2.75, 3.05) is 0 Å². The Kier molecular flexibility index (Phi) is 2.98. The highest BCUT2D eigenvalue weighted by atomic mass is 16.1. The first-order chi connectivity index (χ1) is 9.95. The maximum atomic E-state index is 12.4. The lowest BCUT2D eigenvalue weighted by Gasteiger charge is -2.59. The molecule has 0 aliphatic heterocycles. The monoisotopic (exact) mass is 286 g/mol. The molecule has 0 bridgehead atoms. The number of hydrogen-bond donors (Lipinski definition) is 0. The van der Waals surface area contributed by atoms with Crippen LogP contribution in [-0.2, 0) is 4.79 Å². The third-order valence-corrected chi connectivity index (χ3v) is 8.33. The van der Waals surface area contributed by atoms with Gasteiger partial charge in [0.2, 0.25) is 0 Å². The summed E-state index contributed by atoms with van der Waals surface area (Å²) in [5.74, 6) is 3.87. The first-order valence-corrected chi connectivity index (χ1v) is 9.15. The molecule has 0 spiro atoms. The normalized spacial score (nSPS) is 53.0. The minimum Gasteiger partial charge on any atom is -0.299 e. The highest BCUT2D eigenvalue weighted by Crippen LogP contribution is 2.65. The van der Waals surface area contributed by atoms with Crippen LogP contribution in [0.25, 0.3) is 0 Å². The fraction of sp³-hybridized carbons (Fsp3) is 0.850. The average Bonchev–Trinajstić information content (AvgIpc) is 2.76. The van der Waals surface area contributed by atoms with Crippen LogP contribution in [0.4, 0.5) is 0 Å². The lowest BCUT2D eigenvalue weighted by molar-refractivity contribution is -0.137. The van der Waals surface area contributed by atoms with Crippen molar-refractivity contribution in [1.29, 1.82) is 0 Å². The van der Waals surface area contributed by atoms with E-state index in [0.717, 1.165) is 24.2 Å². The first kappa shape index (κ1) is 14.0. The number of carbonyl (C=O) groups is 1. The third kappa shape index (κ3) is 1.79. The fourth-order valence-corrected chi connectivity index (χ4v) is 6.93. The molecule has 0 aromatic heterocycles. The van der Waals surface area contributed by atoms with E-state index in [1.54, 1.807) is 0 Å². The molecule has 116 valence electrons. The summed E-state index contributed by atoms with van der Waals surface area (Å²) >= 11 is 0. The summed E-state index contributed by atoms with van der Waals surface area (Å²) in [4.78, 5) is 12.4. The Balaban J connectivity index is 1.65. The van der Waals surface area contributed by atoms with Crippen molar-refractivity contribution in [3.63, 3.8) is 0 Å². The van der Waals surface area contributed by atoms with E-state index in [4.69, 9.17) is 0 Å². The molecule has 0 radical (unpaired) electrons. The Morgan fingerprint density at radius 3 is 2.62 bits per heavy atom. The van der Waals surface area contributed by atoms with Gasteiger partial charge in [-0.25, -0.2) is 0 Å². The van der Waals surface area contributed by atoms with Crippen LogP contribution in [0, 0.1) is 34.5 Å². The highest BCUT2D eigenvalue weighted by molar-refractivity contribution is 5.87. The molecule has 0 amide bonds. The summed E-state index contributed by atoms with van der Waals surface area (Å²) in [6.07, 6.45) is 11.2. The molecule has 4 aliphatic carbocycles.